The van der Waals surface area contributed by atoms with Crippen LogP contribution in [0.25, 0.3) is 0 Å². The van der Waals surface area contributed by atoms with Crippen molar-refractivity contribution in [1.29, 1.82) is 0 Å². The molecule has 1 heterocycles. The fraction of sp³-hybridized carbons (Fsp3) is 0.500. The van der Waals surface area contributed by atoms with Crippen LogP contribution in [0.3, 0.4) is 0 Å². The van der Waals surface area contributed by atoms with E-state index in [0.29, 0.717) is 0 Å². The lowest BCUT2D eigenvalue weighted by molar-refractivity contribution is 0.111. The van der Waals surface area contributed by atoms with Crippen LogP contribution in [0.15, 0.2) is 30.3 Å². The molecule has 1 atom stereocenters. The highest BCUT2D eigenvalue weighted by Crippen LogP contribution is 2.07. The molecule has 2 rings (SSSR count). The second kappa shape index (κ2) is 8.77. The third kappa shape index (κ3) is 5.94. The summed E-state index contributed by atoms with van der Waals surface area (Å²) in [7, 11) is 1.42. The smallest absolute Gasteiger partial charge is 0.409 e. The molecule has 1 aromatic rings. The molecule has 1 aliphatic heterocycles. The highest BCUT2D eigenvalue weighted by Gasteiger charge is 2.21. The molecule has 0 bridgehead atoms. The Bertz CT molecular complexity index is 373. The van der Waals surface area contributed by atoms with Gasteiger partial charge in [0, 0.05) is 24.2 Å². The van der Waals surface area contributed by atoms with Crippen molar-refractivity contribution in [3.63, 3.8) is 0 Å². The van der Waals surface area contributed by atoms with Gasteiger partial charge in [0.2, 0.25) is 0 Å². The number of benzene rings is 1. The molecular weight excluding hydrogens is 264 g/mol. The van der Waals surface area contributed by atoms with Gasteiger partial charge in [-0.15, -0.1) is 0 Å². The van der Waals surface area contributed by atoms with Crippen LogP contribution in [0, 0.1) is 0 Å². The number of hydrogen-bond acceptors (Lipinski definition) is 3. The summed E-state index contributed by atoms with van der Waals surface area (Å²) in [5.74, 6) is 0. The van der Waals surface area contributed by atoms with Crippen LogP contribution in [0.2, 0.25) is 5.02 Å². The van der Waals surface area contributed by atoms with Crippen molar-refractivity contribution in [3.05, 3.63) is 35.4 Å². The summed E-state index contributed by atoms with van der Waals surface area (Å²) in [5.41, 5.74) is 0. The Balaban J connectivity index is 0.000000218. The van der Waals surface area contributed by atoms with Crippen molar-refractivity contribution in [1.82, 2.24) is 10.2 Å². The van der Waals surface area contributed by atoms with E-state index >= 15 is 0 Å². The number of hydrogen-bond donors (Lipinski definition) is 1. The lowest BCUT2D eigenvalue weighted by atomic mass is 10.2. The van der Waals surface area contributed by atoms with E-state index in [4.69, 9.17) is 11.6 Å². The number of nitrogens with one attached hydrogen (secondary N) is 1. The number of methoxy groups -OCH3 is 1. The van der Waals surface area contributed by atoms with Gasteiger partial charge in [-0.05, 0) is 32.0 Å². The number of carbonyl (C=O) groups is 1. The Morgan fingerprint density at radius 3 is 2.58 bits per heavy atom. The Hall–Kier alpha value is -1.26. The minimum Gasteiger partial charge on any atom is -0.453 e. The molecule has 1 fully saturated rings. The third-order valence-corrected chi connectivity index (χ3v) is 3.19. The maximum Gasteiger partial charge on any atom is 0.409 e. The molecule has 0 aliphatic carbocycles. The summed E-state index contributed by atoms with van der Waals surface area (Å²) in [5, 5.41) is 4.03. The molecule has 1 N–H and O–H groups in total. The summed E-state index contributed by atoms with van der Waals surface area (Å²) in [6.45, 7) is 4.63. The second-order valence-corrected chi connectivity index (χ2v) is 4.78. The average Bonchev–Trinajstić information content (AvgIpc) is 2.64. The van der Waals surface area contributed by atoms with Gasteiger partial charge in [-0.2, -0.15) is 0 Å². The standard InChI is InChI=1S/C8H16N2O2.C6H5Cl/c1-7-3-4-9-5-6-10(7)8(11)12-2;7-6-4-2-1-3-5-6/h7,9H,3-6H2,1-2H3;1-5H. The molecule has 19 heavy (non-hydrogen) atoms. The molecule has 1 saturated heterocycles. The van der Waals surface area contributed by atoms with Gasteiger partial charge in [0.05, 0.1) is 7.11 Å². The molecule has 0 spiro atoms. The van der Waals surface area contributed by atoms with E-state index in [1.807, 2.05) is 37.3 Å². The van der Waals surface area contributed by atoms with Gasteiger partial charge in [-0.25, -0.2) is 4.79 Å². The molecular formula is C14H21ClN2O2. The first-order valence-electron chi connectivity index (χ1n) is 6.41. The minimum atomic E-state index is -0.216. The highest BCUT2D eigenvalue weighted by atomic mass is 35.5. The number of carbonyl (C=O) groups excluding carboxylic acids is 1. The SMILES string of the molecule is COC(=O)N1CCNCCC1C.Clc1ccccc1. The van der Waals surface area contributed by atoms with Gasteiger partial charge in [-0.3, -0.25) is 0 Å². The van der Waals surface area contributed by atoms with Gasteiger partial charge in [0.15, 0.2) is 0 Å². The van der Waals surface area contributed by atoms with Crippen LogP contribution in [0.1, 0.15) is 13.3 Å². The van der Waals surface area contributed by atoms with Crippen LogP contribution in [0.4, 0.5) is 4.79 Å². The lowest BCUT2D eigenvalue weighted by Gasteiger charge is -2.24. The highest BCUT2D eigenvalue weighted by molar-refractivity contribution is 6.30. The number of amides is 1. The molecule has 4 nitrogen and oxygen atoms in total. The van der Waals surface area contributed by atoms with Gasteiger partial charge in [-0.1, -0.05) is 29.8 Å². The fourth-order valence-corrected chi connectivity index (χ4v) is 1.96. The zero-order chi connectivity index (χ0) is 14.1. The van der Waals surface area contributed by atoms with Crippen molar-refractivity contribution >= 4 is 17.7 Å². The molecule has 0 radical (unpaired) electrons. The van der Waals surface area contributed by atoms with E-state index in [2.05, 4.69) is 10.1 Å². The van der Waals surface area contributed by atoms with E-state index in [0.717, 1.165) is 31.1 Å². The number of nitrogens with zero attached hydrogens (tertiary/aromatic N) is 1. The second-order valence-electron chi connectivity index (χ2n) is 4.35. The van der Waals surface area contributed by atoms with Crippen molar-refractivity contribution in [2.24, 2.45) is 0 Å². The van der Waals surface area contributed by atoms with Crippen molar-refractivity contribution in [2.75, 3.05) is 26.7 Å². The van der Waals surface area contributed by atoms with Gasteiger partial charge < -0.3 is 15.0 Å². The zero-order valence-electron chi connectivity index (χ0n) is 11.4. The monoisotopic (exact) mass is 284 g/mol. The third-order valence-electron chi connectivity index (χ3n) is 2.94. The summed E-state index contributed by atoms with van der Waals surface area (Å²) in [4.78, 5) is 13.0. The first-order valence-corrected chi connectivity index (χ1v) is 6.78. The fourth-order valence-electron chi connectivity index (χ4n) is 1.81. The van der Waals surface area contributed by atoms with Crippen molar-refractivity contribution in [2.45, 2.75) is 19.4 Å². The van der Waals surface area contributed by atoms with Crippen LogP contribution >= 0.6 is 11.6 Å². The predicted octanol–water partition coefficient (Wildman–Crippen LogP) is 2.78. The van der Waals surface area contributed by atoms with E-state index < -0.39 is 0 Å². The van der Waals surface area contributed by atoms with E-state index in [1.54, 1.807) is 4.90 Å². The maximum absolute atomic E-state index is 11.2. The van der Waals surface area contributed by atoms with E-state index in [9.17, 15) is 4.79 Å². The normalized spacial score (nSPS) is 18.9. The quantitative estimate of drug-likeness (QED) is 0.796. The van der Waals surface area contributed by atoms with Crippen LogP contribution in [0.5, 0.6) is 0 Å². The summed E-state index contributed by atoms with van der Waals surface area (Å²) < 4.78 is 4.67. The van der Waals surface area contributed by atoms with E-state index in [1.165, 1.54) is 7.11 Å². The maximum atomic E-state index is 11.2. The number of ether oxygens (including phenoxy) is 1. The molecule has 106 valence electrons. The predicted molar refractivity (Wildman–Crippen MR) is 77.5 cm³/mol. The van der Waals surface area contributed by atoms with Crippen molar-refractivity contribution in [3.8, 4) is 0 Å². The Labute approximate surface area is 119 Å². The van der Waals surface area contributed by atoms with Crippen molar-refractivity contribution < 1.29 is 9.53 Å². The van der Waals surface area contributed by atoms with Crippen LogP contribution < -0.4 is 5.32 Å². The Morgan fingerprint density at radius 1 is 1.37 bits per heavy atom. The first kappa shape index (κ1) is 15.8. The Morgan fingerprint density at radius 2 is 2.05 bits per heavy atom. The molecule has 1 unspecified atom stereocenters. The van der Waals surface area contributed by atoms with Crippen LogP contribution in [-0.4, -0.2) is 43.8 Å². The average molecular weight is 285 g/mol. The molecule has 0 saturated carbocycles. The summed E-state index contributed by atoms with van der Waals surface area (Å²) in [6, 6.07) is 9.73. The molecule has 5 heteroatoms. The van der Waals surface area contributed by atoms with Gasteiger partial charge in [0.1, 0.15) is 0 Å². The minimum absolute atomic E-state index is 0.216. The summed E-state index contributed by atoms with van der Waals surface area (Å²) >= 11 is 5.54. The molecule has 0 aromatic heterocycles. The zero-order valence-corrected chi connectivity index (χ0v) is 12.2. The Kier molecular flexibility index (Phi) is 7.30. The first-order chi connectivity index (χ1) is 9.15. The van der Waals surface area contributed by atoms with E-state index in [-0.39, 0.29) is 12.1 Å². The molecule has 1 amide bonds. The number of rotatable bonds is 0. The summed E-state index contributed by atoms with van der Waals surface area (Å²) in [6.07, 6.45) is 0.779. The largest absolute Gasteiger partial charge is 0.453 e. The molecule has 1 aliphatic rings. The molecule has 1 aromatic carbocycles. The van der Waals surface area contributed by atoms with Crippen LogP contribution in [-0.2, 0) is 4.74 Å². The van der Waals surface area contributed by atoms with Gasteiger partial charge in [0.25, 0.3) is 0 Å². The number of halogens is 1. The topological polar surface area (TPSA) is 41.6 Å². The van der Waals surface area contributed by atoms with Gasteiger partial charge >= 0.3 is 6.09 Å². The lowest BCUT2D eigenvalue weighted by Crippen LogP contribution is -2.39.